The van der Waals surface area contributed by atoms with Crippen LogP contribution < -0.4 is 0 Å². The Kier molecular flexibility index (Phi) is 3.56. The Hall–Kier alpha value is -0.0500. The van der Waals surface area contributed by atoms with E-state index in [0.29, 0.717) is 5.16 Å². The highest BCUT2D eigenvalue weighted by Crippen LogP contribution is 2.37. The van der Waals surface area contributed by atoms with Crippen molar-refractivity contribution < 1.29 is 0 Å². The summed E-state index contributed by atoms with van der Waals surface area (Å²) in [6.45, 7) is 4.49. The second kappa shape index (κ2) is 4.26. The second-order valence-electron chi connectivity index (χ2n) is 4.04. The predicted octanol–water partition coefficient (Wildman–Crippen LogP) is 3.69. The topological polar surface area (TPSA) is 0 Å². The molecule has 1 aliphatic carbocycles. The van der Waals surface area contributed by atoms with Crippen LogP contribution in [0.2, 0.25) is 0 Å². The first-order valence-corrected chi connectivity index (χ1v) is 5.43. The monoisotopic (exact) mass is 182 g/mol. The summed E-state index contributed by atoms with van der Waals surface area (Å²) in [7, 11) is 2.98. The van der Waals surface area contributed by atoms with Gasteiger partial charge < -0.3 is 0 Å². The average Bonchev–Trinajstić information content (AvgIpc) is 1.99. The number of hydrogen-bond acceptors (Lipinski definition) is 0. The lowest BCUT2D eigenvalue weighted by Crippen LogP contribution is -2.20. The van der Waals surface area contributed by atoms with E-state index in [1.165, 1.54) is 31.3 Å². The van der Waals surface area contributed by atoms with Crippen LogP contribution in [0.3, 0.4) is 0 Å². The fraction of sp³-hybridized carbons (Fsp3) is 0.727. The minimum Gasteiger partial charge on any atom is -0.131 e. The largest absolute Gasteiger partial charge is 0.131 e. The first kappa shape index (κ1) is 10.0. The van der Waals surface area contributed by atoms with E-state index in [9.17, 15) is 0 Å². The van der Waals surface area contributed by atoms with Crippen molar-refractivity contribution in [3.05, 3.63) is 17.4 Å². The smallest absolute Gasteiger partial charge is 0.0135 e. The molecule has 1 fully saturated rings. The molecule has 0 N–H and O–H groups in total. The van der Waals surface area contributed by atoms with E-state index in [-0.39, 0.29) is 0 Å². The maximum Gasteiger partial charge on any atom is -0.0135 e. The molecule has 0 aromatic carbocycles. The standard InChI is InChI=1S/C11H19P/c1-3-4-6-10-7-5-8-11(2,12)9-10/h4H,3,5,7-9,12H2,1-2H3. The van der Waals surface area contributed by atoms with Crippen molar-refractivity contribution in [2.24, 2.45) is 0 Å². The van der Waals surface area contributed by atoms with Gasteiger partial charge in [-0.25, -0.2) is 0 Å². The molecule has 1 aliphatic rings. The molecule has 0 aliphatic heterocycles. The molecule has 0 heterocycles. The molecule has 0 amide bonds. The first-order chi connectivity index (χ1) is 5.64. The number of allylic oxidation sites excluding steroid dienone is 1. The normalized spacial score (nSPS) is 29.8. The van der Waals surface area contributed by atoms with Crippen LogP contribution in [0.1, 0.15) is 46.0 Å². The molecular formula is C11H19P. The van der Waals surface area contributed by atoms with Gasteiger partial charge in [0.15, 0.2) is 0 Å². The van der Waals surface area contributed by atoms with E-state index < -0.39 is 0 Å². The summed E-state index contributed by atoms with van der Waals surface area (Å²) >= 11 is 0. The van der Waals surface area contributed by atoms with Crippen molar-refractivity contribution in [1.82, 2.24) is 0 Å². The van der Waals surface area contributed by atoms with Crippen LogP contribution in [0.25, 0.3) is 0 Å². The Morgan fingerprint density at radius 2 is 2.42 bits per heavy atom. The van der Waals surface area contributed by atoms with E-state index in [4.69, 9.17) is 0 Å². The average molecular weight is 182 g/mol. The van der Waals surface area contributed by atoms with Gasteiger partial charge in [0, 0.05) is 0 Å². The minimum atomic E-state index is 0.447. The molecule has 1 rings (SSSR count). The fourth-order valence-corrected chi connectivity index (χ4v) is 2.19. The zero-order valence-electron chi connectivity index (χ0n) is 8.19. The lowest BCUT2D eigenvalue weighted by atomic mass is 9.86. The van der Waals surface area contributed by atoms with Gasteiger partial charge in [0.2, 0.25) is 0 Å². The quantitative estimate of drug-likeness (QED) is 0.428. The maximum absolute atomic E-state index is 3.41. The van der Waals surface area contributed by atoms with Crippen molar-refractivity contribution in [2.75, 3.05) is 0 Å². The lowest BCUT2D eigenvalue weighted by molar-refractivity contribution is 0.495. The predicted molar refractivity (Wildman–Crippen MR) is 58.5 cm³/mol. The summed E-state index contributed by atoms with van der Waals surface area (Å²) < 4.78 is 0. The van der Waals surface area contributed by atoms with Gasteiger partial charge in [-0.3, -0.25) is 0 Å². The Balaban J connectivity index is 2.64. The summed E-state index contributed by atoms with van der Waals surface area (Å²) in [4.78, 5) is 0. The van der Waals surface area contributed by atoms with Gasteiger partial charge in [0.1, 0.15) is 0 Å². The third-order valence-corrected chi connectivity index (χ3v) is 2.85. The van der Waals surface area contributed by atoms with Crippen molar-refractivity contribution in [1.29, 1.82) is 0 Å². The van der Waals surface area contributed by atoms with Gasteiger partial charge in [-0.2, -0.15) is 0 Å². The van der Waals surface area contributed by atoms with Crippen LogP contribution in [0, 0.1) is 0 Å². The van der Waals surface area contributed by atoms with E-state index in [1.807, 2.05) is 0 Å². The molecule has 12 heavy (non-hydrogen) atoms. The highest BCUT2D eigenvalue weighted by atomic mass is 31.0. The molecule has 0 radical (unpaired) electrons. The second-order valence-corrected chi connectivity index (χ2v) is 5.44. The van der Waals surface area contributed by atoms with Gasteiger partial charge >= 0.3 is 0 Å². The molecule has 0 spiro atoms. The molecule has 0 nitrogen and oxygen atoms in total. The SMILES string of the molecule is CCC=C=C1CCCC(C)(P)C1. The fourth-order valence-electron chi connectivity index (χ4n) is 1.74. The molecular weight excluding hydrogens is 163 g/mol. The van der Waals surface area contributed by atoms with E-state index in [2.05, 4.69) is 34.9 Å². The zero-order chi connectivity index (χ0) is 9.03. The van der Waals surface area contributed by atoms with Crippen LogP contribution in [0.15, 0.2) is 17.4 Å². The molecule has 2 atom stereocenters. The van der Waals surface area contributed by atoms with Gasteiger partial charge in [-0.15, -0.1) is 15.0 Å². The number of hydrogen-bond donors (Lipinski definition) is 0. The maximum atomic E-state index is 3.41. The summed E-state index contributed by atoms with van der Waals surface area (Å²) in [5.74, 6) is 0. The van der Waals surface area contributed by atoms with Crippen molar-refractivity contribution in [3.8, 4) is 0 Å². The summed E-state index contributed by atoms with van der Waals surface area (Å²) in [6, 6.07) is 0. The molecule has 1 heteroatoms. The third kappa shape index (κ3) is 3.13. The Morgan fingerprint density at radius 1 is 1.67 bits per heavy atom. The molecule has 2 unspecified atom stereocenters. The molecule has 0 bridgehead atoms. The molecule has 0 saturated heterocycles. The lowest BCUT2D eigenvalue weighted by Gasteiger charge is -2.29. The van der Waals surface area contributed by atoms with Crippen molar-refractivity contribution in [3.63, 3.8) is 0 Å². The van der Waals surface area contributed by atoms with Gasteiger partial charge in [-0.05, 0) is 48.9 Å². The molecule has 68 valence electrons. The van der Waals surface area contributed by atoms with Crippen LogP contribution >= 0.6 is 9.24 Å². The Bertz CT molecular complexity index is 207. The molecule has 0 aromatic rings. The highest BCUT2D eigenvalue weighted by Gasteiger charge is 2.23. The van der Waals surface area contributed by atoms with E-state index in [0.717, 1.165) is 6.42 Å². The first-order valence-electron chi connectivity index (χ1n) is 4.86. The third-order valence-electron chi connectivity index (χ3n) is 2.35. The molecule has 0 aromatic heterocycles. The Labute approximate surface area is 78.3 Å². The van der Waals surface area contributed by atoms with E-state index >= 15 is 0 Å². The summed E-state index contributed by atoms with van der Waals surface area (Å²) in [6.07, 6.45) is 8.42. The van der Waals surface area contributed by atoms with Crippen molar-refractivity contribution >= 4 is 9.24 Å². The molecule has 1 saturated carbocycles. The summed E-state index contributed by atoms with van der Waals surface area (Å²) in [5.41, 5.74) is 4.92. The van der Waals surface area contributed by atoms with E-state index in [1.54, 1.807) is 0 Å². The van der Waals surface area contributed by atoms with Gasteiger partial charge in [-0.1, -0.05) is 13.8 Å². The highest BCUT2D eigenvalue weighted by molar-refractivity contribution is 7.18. The van der Waals surface area contributed by atoms with Crippen LogP contribution in [-0.4, -0.2) is 5.16 Å². The summed E-state index contributed by atoms with van der Waals surface area (Å²) in [5, 5.41) is 0.447. The number of rotatable bonds is 1. The van der Waals surface area contributed by atoms with Crippen LogP contribution in [0.4, 0.5) is 0 Å². The van der Waals surface area contributed by atoms with Crippen LogP contribution in [0.5, 0.6) is 0 Å². The zero-order valence-corrected chi connectivity index (χ0v) is 9.34. The van der Waals surface area contributed by atoms with Crippen LogP contribution in [-0.2, 0) is 0 Å². The minimum absolute atomic E-state index is 0.447. The van der Waals surface area contributed by atoms with Crippen molar-refractivity contribution in [2.45, 2.75) is 51.1 Å². The van der Waals surface area contributed by atoms with Gasteiger partial charge in [0.05, 0.1) is 0 Å². The Morgan fingerprint density at radius 3 is 3.00 bits per heavy atom. The van der Waals surface area contributed by atoms with Gasteiger partial charge in [0.25, 0.3) is 0 Å².